The second-order valence-electron chi connectivity index (χ2n) is 5.41. The molecule has 0 saturated heterocycles. The fourth-order valence-electron chi connectivity index (χ4n) is 2.62. The van der Waals surface area contributed by atoms with E-state index in [1.54, 1.807) is 0 Å². The summed E-state index contributed by atoms with van der Waals surface area (Å²) in [6.45, 7) is 0.953. The SMILES string of the molecule is CSC1CCCC(NCC(O)COc2ccccc2)C1. The first-order valence-electron chi connectivity index (χ1n) is 7.40. The zero-order valence-electron chi connectivity index (χ0n) is 12.1. The summed E-state index contributed by atoms with van der Waals surface area (Å²) in [5.74, 6) is 0.812. The Kier molecular flexibility index (Phi) is 6.70. The van der Waals surface area contributed by atoms with Gasteiger partial charge in [0.25, 0.3) is 0 Å². The Morgan fingerprint density at radius 3 is 2.90 bits per heavy atom. The Morgan fingerprint density at radius 2 is 2.15 bits per heavy atom. The highest BCUT2D eigenvalue weighted by molar-refractivity contribution is 7.99. The van der Waals surface area contributed by atoms with E-state index in [9.17, 15) is 5.11 Å². The van der Waals surface area contributed by atoms with E-state index in [2.05, 4.69) is 11.6 Å². The van der Waals surface area contributed by atoms with Crippen LogP contribution in [0.1, 0.15) is 25.7 Å². The molecule has 0 spiro atoms. The van der Waals surface area contributed by atoms with E-state index in [0.29, 0.717) is 19.2 Å². The van der Waals surface area contributed by atoms with E-state index in [-0.39, 0.29) is 0 Å². The minimum Gasteiger partial charge on any atom is -0.491 e. The lowest BCUT2D eigenvalue weighted by Crippen LogP contribution is -2.41. The van der Waals surface area contributed by atoms with Crippen LogP contribution in [0.3, 0.4) is 0 Å². The standard InChI is InChI=1S/C16H25NO2S/c1-20-16-9-5-6-13(10-16)17-11-14(18)12-19-15-7-3-2-4-8-15/h2-4,7-8,13-14,16-18H,5-6,9-12H2,1H3. The average Bonchev–Trinajstić information content (AvgIpc) is 2.52. The van der Waals surface area contributed by atoms with Crippen molar-refractivity contribution in [3.63, 3.8) is 0 Å². The number of hydrogen-bond acceptors (Lipinski definition) is 4. The summed E-state index contributed by atoms with van der Waals surface area (Å²) in [5.41, 5.74) is 0. The molecule has 0 radical (unpaired) electrons. The van der Waals surface area contributed by atoms with Crippen LogP contribution in [-0.2, 0) is 0 Å². The lowest BCUT2D eigenvalue weighted by molar-refractivity contribution is 0.102. The minimum absolute atomic E-state index is 0.343. The second-order valence-corrected chi connectivity index (χ2v) is 6.55. The third-order valence-corrected chi connectivity index (χ3v) is 4.88. The molecule has 1 aliphatic rings. The number of aliphatic hydroxyl groups is 1. The normalized spacial score (nSPS) is 24.3. The Morgan fingerprint density at radius 1 is 1.35 bits per heavy atom. The van der Waals surface area contributed by atoms with Crippen molar-refractivity contribution in [2.24, 2.45) is 0 Å². The van der Waals surface area contributed by atoms with E-state index in [1.807, 2.05) is 42.1 Å². The minimum atomic E-state index is -0.454. The molecular weight excluding hydrogens is 270 g/mol. The fourth-order valence-corrected chi connectivity index (χ4v) is 3.44. The fraction of sp³-hybridized carbons (Fsp3) is 0.625. The Hall–Kier alpha value is -0.710. The van der Waals surface area contributed by atoms with Gasteiger partial charge >= 0.3 is 0 Å². The molecule has 3 nitrogen and oxygen atoms in total. The van der Waals surface area contributed by atoms with Crippen LogP contribution in [0.4, 0.5) is 0 Å². The van der Waals surface area contributed by atoms with E-state index in [4.69, 9.17) is 4.74 Å². The number of benzene rings is 1. The van der Waals surface area contributed by atoms with Crippen LogP contribution in [0, 0.1) is 0 Å². The number of rotatable bonds is 7. The molecule has 0 aliphatic heterocycles. The van der Waals surface area contributed by atoms with E-state index < -0.39 is 6.10 Å². The molecule has 2 rings (SSSR count). The zero-order valence-corrected chi connectivity index (χ0v) is 12.9. The number of hydrogen-bond donors (Lipinski definition) is 2. The number of ether oxygens (including phenoxy) is 1. The summed E-state index contributed by atoms with van der Waals surface area (Å²) in [4.78, 5) is 0. The quantitative estimate of drug-likeness (QED) is 0.811. The van der Waals surface area contributed by atoms with Crippen LogP contribution >= 0.6 is 11.8 Å². The van der Waals surface area contributed by atoms with Gasteiger partial charge in [-0.15, -0.1) is 0 Å². The van der Waals surface area contributed by atoms with Gasteiger partial charge in [-0.25, -0.2) is 0 Å². The molecular formula is C16H25NO2S. The summed E-state index contributed by atoms with van der Waals surface area (Å²) < 4.78 is 5.56. The molecule has 4 heteroatoms. The Balaban J connectivity index is 1.63. The molecule has 1 aliphatic carbocycles. The van der Waals surface area contributed by atoms with E-state index in [1.165, 1.54) is 25.7 Å². The highest BCUT2D eigenvalue weighted by Gasteiger charge is 2.21. The van der Waals surface area contributed by atoms with Crippen molar-refractivity contribution in [1.29, 1.82) is 0 Å². The van der Waals surface area contributed by atoms with Gasteiger partial charge in [0.1, 0.15) is 18.5 Å². The number of para-hydroxylation sites is 1. The largest absolute Gasteiger partial charge is 0.491 e. The molecule has 1 fully saturated rings. The third-order valence-electron chi connectivity index (χ3n) is 3.79. The Bertz CT molecular complexity index is 374. The zero-order chi connectivity index (χ0) is 14.2. The number of aliphatic hydroxyl groups excluding tert-OH is 1. The average molecular weight is 295 g/mol. The molecule has 0 amide bonds. The van der Waals surface area contributed by atoms with Gasteiger partial charge in [-0.1, -0.05) is 24.6 Å². The molecule has 0 bridgehead atoms. The lowest BCUT2D eigenvalue weighted by Gasteiger charge is -2.29. The summed E-state index contributed by atoms with van der Waals surface area (Å²) in [7, 11) is 0. The van der Waals surface area contributed by atoms with Crippen LogP contribution in [-0.4, -0.2) is 41.9 Å². The van der Waals surface area contributed by atoms with Gasteiger partial charge in [0.2, 0.25) is 0 Å². The monoisotopic (exact) mass is 295 g/mol. The predicted octanol–water partition coefficient (Wildman–Crippen LogP) is 2.69. The summed E-state index contributed by atoms with van der Waals surface area (Å²) >= 11 is 1.96. The summed E-state index contributed by atoms with van der Waals surface area (Å²) in [6.07, 6.45) is 6.80. The highest BCUT2D eigenvalue weighted by atomic mass is 32.2. The topological polar surface area (TPSA) is 41.5 Å². The van der Waals surface area contributed by atoms with Gasteiger partial charge in [-0.3, -0.25) is 0 Å². The van der Waals surface area contributed by atoms with Crippen molar-refractivity contribution < 1.29 is 9.84 Å². The van der Waals surface area contributed by atoms with Crippen molar-refractivity contribution in [3.8, 4) is 5.75 Å². The van der Waals surface area contributed by atoms with Crippen molar-refractivity contribution in [1.82, 2.24) is 5.32 Å². The van der Waals surface area contributed by atoms with Crippen LogP contribution in [0.25, 0.3) is 0 Å². The van der Waals surface area contributed by atoms with Crippen LogP contribution in [0.15, 0.2) is 30.3 Å². The summed E-state index contributed by atoms with van der Waals surface area (Å²) in [6, 6.07) is 10.2. The molecule has 20 heavy (non-hydrogen) atoms. The molecule has 0 aromatic heterocycles. The number of nitrogens with one attached hydrogen (secondary N) is 1. The maximum Gasteiger partial charge on any atom is 0.119 e. The maximum atomic E-state index is 9.97. The van der Waals surface area contributed by atoms with Gasteiger partial charge in [0.05, 0.1) is 0 Å². The van der Waals surface area contributed by atoms with Gasteiger partial charge in [-0.2, -0.15) is 11.8 Å². The van der Waals surface area contributed by atoms with E-state index >= 15 is 0 Å². The van der Waals surface area contributed by atoms with Crippen molar-refractivity contribution in [2.45, 2.75) is 43.1 Å². The molecule has 112 valence electrons. The summed E-state index contributed by atoms with van der Waals surface area (Å²) in [5, 5.41) is 14.2. The number of thioether (sulfide) groups is 1. The first kappa shape index (κ1) is 15.7. The maximum absolute atomic E-state index is 9.97. The second kappa shape index (κ2) is 8.55. The molecule has 1 aromatic rings. The first-order chi connectivity index (χ1) is 9.78. The first-order valence-corrected chi connectivity index (χ1v) is 8.69. The van der Waals surface area contributed by atoms with Crippen LogP contribution < -0.4 is 10.1 Å². The van der Waals surface area contributed by atoms with Crippen molar-refractivity contribution in [3.05, 3.63) is 30.3 Å². The van der Waals surface area contributed by atoms with Gasteiger partial charge < -0.3 is 15.2 Å². The highest BCUT2D eigenvalue weighted by Crippen LogP contribution is 2.26. The lowest BCUT2D eigenvalue weighted by atomic mass is 9.95. The van der Waals surface area contributed by atoms with Crippen LogP contribution in [0.5, 0.6) is 5.75 Å². The third kappa shape index (κ3) is 5.35. The molecule has 2 N–H and O–H groups in total. The van der Waals surface area contributed by atoms with Crippen molar-refractivity contribution in [2.75, 3.05) is 19.4 Å². The van der Waals surface area contributed by atoms with Gasteiger partial charge in [-0.05, 0) is 37.7 Å². The van der Waals surface area contributed by atoms with Crippen LogP contribution in [0.2, 0.25) is 0 Å². The molecule has 1 aromatic carbocycles. The molecule has 3 atom stereocenters. The molecule has 0 heterocycles. The van der Waals surface area contributed by atoms with Gasteiger partial charge in [0.15, 0.2) is 0 Å². The predicted molar refractivity (Wildman–Crippen MR) is 85.5 cm³/mol. The Labute approximate surface area is 126 Å². The van der Waals surface area contributed by atoms with Gasteiger partial charge in [0, 0.05) is 17.8 Å². The van der Waals surface area contributed by atoms with E-state index in [0.717, 1.165) is 11.0 Å². The van der Waals surface area contributed by atoms with Crippen molar-refractivity contribution >= 4 is 11.8 Å². The molecule has 3 unspecified atom stereocenters. The molecule has 1 saturated carbocycles. The smallest absolute Gasteiger partial charge is 0.119 e.